The molecule has 0 fully saturated rings. The molecular weight excluding hydrogens is 316 g/mol. The maximum absolute atomic E-state index is 12.1. The molecule has 0 aliphatic heterocycles. The van der Waals surface area contributed by atoms with Crippen molar-refractivity contribution in [2.45, 2.75) is 17.7 Å². The summed E-state index contributed by atoms with van der Waals surface area (Å²) in [6.07, 6.45) is 1.65. The molecule has 0 unspecified atom stereocenters. The Morgan fingerprint density at radius 3 is 2.75 bits per heavy atom. The number of hydrogen-bond acceptors (Lipinski definition) is 5. The van der Waals surface area contributed by atoms with Crippen LogP contribution < -0.4 is 10.5 Å². The first-order chi connectivity index (χ1) is 9.31. The summed E-state index contributed by atoms with van der Waals surface area (Å²) in [6, 6.07) is 3.11. The Hall–Kier alpha value is -1.29. The SMILES string of the molecule is Cc1c(CNS(=O)(=O)c2ccc(C(N)=S)s2)cnn1C. The lowest BCUT2D eigenvalue weighted by Gasteiger charge is -2.04. The van der Waals surface area contributed by atoms with Crippen molar-refractivity contribution in [3.8, 4) is 0 Å². The molecular formula is C11H14N4O2S3. The Kier molecular flexibility index (Phi) is 4.23. The fourth-order valence-electron chi connectivity index (χ4n) is 1.56. The smallest absolute Gasteiger partial charge is 0.250 e. The van der Waals surface area contributed by atoms with Crippen molar-refractivity contribution < 1.29 is 8.42 Å². The van der Waals surface area contributed by atoms with Crippen LogP contribution in [0.3, 0.4) is 0 Å². The third-order valence-electron chi connectivity index (χ3n) is 2.88. The van der Waals surface area contributed by atoms with E-state index in [0.717, 1.165) is 22.6 Å². The van der Waals surface area contributed by atoms with Gasteiger partial charge in [0.25, 0.3) is 0 Å². The van der Waals surface area contributed by atoms with E-state index in [2.05, 4.69) is 9.82 Å². The highest BCUT2D eigenvalue weighted by molar-refractivity contribution is 7.91. The highest BCUT2D eigenvalue weighted by Crippen LogP contribution is 2.21. The quantitative estimate of drug-likeness (QED) is 0.795. The molecule has 0 saturated carbocycles. The van der Waals surface area contributed by atoms with E-state index in [1.54, 1.807) is 24.0 Å². The Bertz CT molecular complexity index is 746. The molecule has 0 bridgehead atoms. The molecule has 0 aliphatic carbocycles. The molecule has 2 aromatic heterocycles. The van der Waals surface area contributed by atoms with E-state index < -0.39 is 10.0 Å². The van der Waals surface area contributed by atoms with Crippen molar-refractivity contribution in [2.75, 3.05) is 0 Å². The molecule has 2 rings (SSSR count). The molecule has 2 aromatic rings. The normalized spacial score (nSPS) is 11.7. The first-order valence-electron chi connectivity index (χ1n) is 5.68. The minimum atomic E-state index is -3.56. The van der Waals surface area contributed by atoms with Gasteiger partial charge in [0.1, 0.15) is 9.20 Å². The zero-order chi connectivity index (χ0) is 14.9. The number of hydrogen-bond donors (Lipinski definition) is 2. The van der Waals surface area contributed by atoms with E-state index >= 15 is 0 Å². The summed E-state index contributed by atoms with van der Waals surface area (Å²) < 4.78 is 28.7. The Balaban J connectivity index is 2.15. The van der Waals surface area contributed by atoms with E-state index in [1.807, 2.05) is 6.92 Å². The maximum atomic E-state index is 12.1. The average Bonchev–Trinajstić information content (AvgIpc) is 2.97. The number of thiophene rings is 1. The zero-order valence-electron chi connectivity index (χ0n) is 11.0. The van der Waals surface area contributed by atoms with Crippen LogP contribution in [0.25, 0.3) is 0 Å². The Morgan fingerprint density at radius 1 is 1.55 bits per heavy atom. The van der Waals surface area contributed by atoms with Crippen molar-refractivity contribution in [3.63, 3.8) is 0 Å². The second-order valence-corrected chi connectivity index (χ2v) is 7.70. The zero-order valence-corrected chi connectivity index (χ0v) is 13.4. The lowest BCUT2D eigenvalue weighted by molar-refractivity contribution is 0.583. The molecule has 0 aromatic carbocycles. The molecule has 2 heterocycles. The van der Waals surface area contributed by atoms with Crippen LogP contribution in [0.2, 0.25) is 0 Å². The number of rotatable bonds is 5. The lowest BCUT2D eigenvalue weighted by atomic mass is 10.3. The molecule has 6 nitrogen and oxygen atoms in total. The van der Waals surface area contributed by atoms with Crippen molar-refractivity contribution in [1.29, 1.82) is 0 Å². The van der Waals surface area contributed by atoms with Crippen LogP contribution in [-0.4, -0.2) is 23.2 Å². The van der Waals surface area contributed by atoms with Gasteiger partial charge in [0.05, 0.1) is 11.1 Å². The van der Waals surface area contributed by atoms with Gasteiger partial charge in [-0.3, -0.25) is 4.68 Å². The molecule has 0 atom stereocenters. The van der Waals surface area contributed by atoms with Gasteiger partial charge in [0.15, 0.2) is 0 Å². The summed E-state index contributed by atoms with van der Waals surface area (Å²) in [7, 11) is -1.76. The highest BCUT2D eigenvalue weighted by atomic mass is 32.2. The van der Waals surface area contributed by atoms with E-state index in [9.17, 15) is 8.42 Å². The summed E-state index contributed by atoms with van der Waals surface area (Å²) >= 11 is 5.88. The molecule has 9 heteroatoms. The van der Waals surface area contributed by atoms with Crippen LogP contribution >= 0.6 is 23.6 Å². The number of aryl methyl sites for hydroxylation is 1. The van der Waals surface area contributed by atoms with Gasteiger partial charge in [-0.05, 0) is 19.1 Å². The van der Waals surface area contributed by atoms with Crippen molar-refractivity contribution in [2.24, 2.45) is 12.8 Å². The summed E-state index contributed by atoms with van der Waals surface area (Å²) in [5, 5.41) is 4.07. The van der Waals surface area contributed by atoms with Gasteiger partial charge < -0.3 is 5.73 Å². The van der Waals surface area contributed by atoms with Gasteiger partial charge >= 0.3 is 0 Å². The number of sulfonamides is 1. The minimum absolute atomic E-state index is 0.194. The molecule has 0 spiro atoms. The van der Waals surface area contributed by atoms with Crippen molar-refractivity contribution >= 4 is 38.6 Å². The minimum Gasteiger partial charge on any atom is -0.389 e. The van der Waals surface area contributed by atoms with Gasteiger partial charge in [0, 0.05) is 24.8 Å². The largest absolute Gasteiger partial charge is 0.389 e. The van der Waals surface area contributed by atoms with E-state index in [0.29, 0.717) is 4.88 Å². The molecule has 108 valence electrons. The number of nitrogens with two attached hydrogens (primary N) is 1. The summed E-state index contributed by atoms with van der Waals surface area (Å²) in [6.45, 7) is 2.08. The van der Waals surface area contributed by atoms with E-state index in [1.165, 1.54) is 6.07 Å². The van der Waals surface area contributed by atoms with Gasteiger partial charge in [-0.1, -0.05) is 12.2 Å². The van der Waals surface area contributed by atoms with Gasteiger partial charge in [-0.25, -0.2) is 13.1 Å². The van der Waals surface area contributed by atoms with Gasteiger partial charge in [-0.2, -0.15) is 5.10 Å². The third kappa shape index (κ3) is 3.06. The second kappa shape index (κ2) is 5.60. The topological polar surface area (TPSA) is 90.0 Å². The molecule has 3 N–H and O–H groups in total. The summed E-state index contributed by atoms with van der Waals surface area (Å²) in [5.41, 5.74) is 7.23. The summed E-state index contributed by atoms with van der Waals surface area (Å²) in [4.78, 5) is 0.775. The van der Waals surface area contributed by atoms with Crippen molar-refractivity contribution in [3.05, 3.63) is 34.5 Å². The molecule has 0 aliphatic rings. The molecule has 0 saturated heterocycles. The van der Waals surface area contributed by atoms with Gasteiger partial charge in [0.2, 0.25) is 10.0 Å². The molecule has 0 radical (unpaired) electrons. The maximum Gasteiger partial charge on any atom is 0.250 e. The standard InChI is InChI=1S/C11H14N4O2S3/c1-7-8(5-13-15(7)2)6-14-20(16,17)10-4-3-9(19-10)11(12)18/h3-5,14H,6H2,1-2H3,(H2,12,18). The Labute approximate surface area is 126 Å². The summed E-state index contributed by atoms with van der Waals surface area (Å²) in [5.74, 6) is 0. The number of nitrogens with one attached hydrogen (secondary N) is 1. The van der Waals surface area contributed by atoms with Crippen LogP contribution in [0.15, 0.2) is 22.5 Å². The predicted molar refractivity (Wildman–Crippen MR) is 82.2 cm³/mol. The van der Waals surface area contributed by atoms with Crippen LogP contribution in [-0.2, 0) is 23.6 Å². The van der Waals surface area contributed by atoms with Crippen LogP contribution in [0, 0.1) is 6.92 Å². The Morgan fingerprint density at radius 2 is 2.25 bits per heavy atom. The first-order valence-corrected chi connectivity index (χ1v) is 8.39. The number of aromatic nitrogens is 2. The second-order valence-electron chi connectivity index (χ2n) is 4.19. The molecule has 0 amide bonds. The van der Waals surface area contributed by atoms with E-state index in [4.69, 9.17) is 18.0 Å². The monoisotopic (exact) mass is 330 g/mol. The van der Waals surface area contributed by atoms with E-state index in [-0.39, 0.29) is 15.7 Å². The third-order valence-corrected chi connectivity index (χ3v) is 6.24. The lowest BCUT2D eigenvalue weighted by Crippen LogP contribution is -2.22. The highest BCUT2D eigenvalue weighted by Gasteiger charge is 2.18. The van der Waals surface area contributed by atoms with Crippen LogP contribution in [0.1, 0.15) is 16.1 Å². The first kappa shape index (κ1) is 15.1. The molecule has 20 heavy (non-hydrogen) atoms. The van der Waals surface area contributed by atoms with Crippen LogP contribution in [0.5, 0.6) is 0 Å². The number of nitrogens with zero attached hydrogens (tertiary/aromatic N) is 2. The number of thiocarbonyl (C=S) groups is 1. The average molecular weight is 330 g/mol. The predicted octanol–water partition coefficient (Wildman–Crippen LogP) is 0.903. The van der Waals surface area contributed by atoms with Crippen LogP contribution in [0.4, 0.5) is 0 Å². The van der Waals surface area contributed by atoms with Crippen molar-refractivity contribution in [1.82, 2.24) is 14.5 Å². The fraction of sp³-hybridized carbons (Fsp3) is 0.273. The van der Waals surface area contributed by atoms with Gasteiger partial charge in [-0.15, -0.1) is 11.3 Å². The fourth-order valence-corrected chi connectivity index (χ4v) is 3.96.